The number of carbonyl (C=O) groups is 2. The highest BCUT2D eigenvalue weighted by molar-refractivity contribution is 9.10. The number of morpholine rings is 1. The van der Waals surface area contributed by atoms with E-state index < -0.39 is 11.9 Å². The van der Waals surface area contributed by atoms with Gasteiger partial charge in [-0.1, -0.05) is 0 Å². The Bertz CT molecular complexity index is 445. The summed E-state index contributed by atoms with van der Waals surface area (Å²) in [5.41, 5.74) is 5.61. The molecule has 0 aliphatic carbocycles. The number of nitrogens with two attached hydrogens (primary N) is 1. The SMILES string of the molecule is NC(=O)C1COCCN1C(=O)c1ccoc1Br. The van der Waals surface area contributed by atoms with Crippen molar-refractivity contribution in [2.75, 3.05) is 19.8 Å². The molecule has 1 aromatic rings. The minimum Gasteiger partial charge on any atom is -0.457 e. The summed E-state index contributed by atoms with van der Waals surface area (Å²) in [6.45, 7) is 0.867. The molecule has 6 nitrogen and oxygen atoms in total. The molecule has 0 spiro atoms. The summed E-state index contributed by atoms with van der Waals surface area (Å²) in [7, 11) is 0. The molecule has 2 amide bonds. The molecule has 1 aliphatic heterocycles. The monoisotopic (exact) mass is 302 g/mol. The van der Waals surface area contributed by atoms with Crippen molar-refractivity contribution >= 4 is 27.7 Å². The Morgan fingerprint density at radius 1 is 1.53 bits per heavy atom. The number of ether oxygens (including phenoxy) is 1. The Labute approximate surface area is 106 Å². The maximum absolute atomic E-state index is 12.2. The molecule has 0 saturated carbocycles. The molecule has 1 unspecified atom stereocenters. The second-order valence-electron chi connectivity index (χ2n) is 3.60. The van der Waals surface area contributed by atoms with Crippen LogP contribution in [0.4, 0.5) is 0 Å². The lowest BCUT2D eigenvalue weighted by atomic mass is 10.2. The van der Waals surface area contributed by atoms with Crippen molar-refractivity contribution in [1.29, 1.82) is 0 Å². The second kappa shape index (κ2) is 4.89. The highest BCUT2D eigenvalue weighted by Gasteiger charge is 2.33. The molecular weight excluding hydrogens is 292 g/mol. The number of primary amides is 1. The molecule has 1 fully saturated rings. The van der Waals surface area contributed by atoms with Gasteiger partial charge in [0.05, 0.1) is 25.0 Å². The number of hydrogen-bond acceptors (Lipinski definition) is 4. The van der Waals surface area contributed by atoms with Crippen LogP contribution in [0.3, 0.4) is 0 Å². The maximum atomic E-state index is 12.2. The van der Waals surface area contributed by atoms with E-state index in [1.165, 1.54) is 11.2 Å². The van der Waals surface area contributed by atoms with Gasteiger partial charge in [-0.15, -0.1) is 0 Å². The first-order valence-corrected chi connectivity index (χ1v) is 5.81. The first-order valence-electron chi connectivity index (χ1n) is 5.02. The Hall–Kier alpha value is -1.34. The summed E-state index contributed by atoms with van der Waals surface area (Å²) < 4.78 is 10.5. The van der Waals surface area contributed by atoms with Gasteiger partial charge in [0.15, 0.2) is 4.67 Å². The van der Waals surface area contributed by atoms with E-state index >= 15 is 0 Å². The molecule has 0 bridgehead atoms. The van der Waals surface area contributed by atoms with E-state index in [0.29, 0.717) is 23.4 Å². The smallest absolute Gasteiger partial charge is 0.259 e. The number of nitrogens with zero attached hydrogens (tertiary/aromatic N) is 1. The summed E-state index contributed by atoms with van der Waals surface area (Å²) in [5, 5.41) is 0. The van der Waals surface area contributed by atoms with Crippen molar-refractivity contribution < 1.29 is 18.7 Å². The van der Waals surface area contributed by atoms with Crippen LogP contribution in [0.2, 0.25) is 0 Å². The number of amides is 2. The van der Waals surface area contributed by atoms with E-state index in [1.54, 1.807) is 6.07 Å². The minimum atomic E-state index is -0.724. The molecule has 0 aromatic carbocycles. The maximum Gasteiger partial charge on any atom is 0.259 e. The van der Waals surface area contributed by atoms with E-state index in [-0.39, 0.29) is 12.5 Å². The fraction of sp³-hybridized carbons (Fsp3) is 0.400. The highest BCUT2D eigenvalue weighted by Crippen LogP contribution is 2.21. The van der Waals surface area contributed by atoms with Crippen LogP contribution in [-0.4, -0.2) is 42.5 Å². The number of halogens is 1. The summed E-state index contributed by atoms with van der Waals surface area (Å²) in [4.78, 5) is 24.8. The first-order chi connectivity index (χ1) is 8.11. The molecule has 7 heteroatoms. The predicted octanol–water partition coefficient (Wildman–Crippen LogP) is 0.368. The number of carbonyl (C=O) groups excluding carboxylic acids is 2. The van der Waals surface area contributed by atoms with Gasteiger partial charge in [0.25, 0.3) is 5.91 Å². The predicted molar refractivity (Wildman–Crippen MR) is 61.2 cm³/mol. The van der Waals surface area contributed by atoms with Crippen molar-refractivity contribution in [3.8, 4) is 0 Å². The Balaban J connectivity index is 2.23. The molecule has 2 N–H and O–H groups in total. The van der Waals surface area contributed by atoms with Crippen LogP contribution >= 0.6 is 15.9 Å². The quantitative estimate of drug-likeness (QED) is 0.855. The van der Waals surface area contributed by atoms with Crippen molar-refractivity contribution in [1.82, 2.24) is 4.90 Å². The van der Waals surface area contributed by atoms with Gasteiger partial charge in [0, 0.05) is 6.54 Å². The second-order valence-corrected chi connectivity index (χ2v) is 4.32. The van der Waals surface area contributed by atoms with Gasteiger partial charge in [0.1, 0.15) is 6.04 Å². The third-order valence-electron chi connectivity index (χ3n) is 2.57. The summed E-state index contributed by atoms with van der Waals surface area (Å²) in [5.74, 6) is -0.865. The van der Waals surface area contributed by atoms with Crippen molar-refractivity contribution in [3.05, 3.63) is 22.6 Å². The molecule has 1 saturated heterocycles. The first kappa shape index (κ1) is 12.1. The van der Waals surface area contributed by atoms with Crippen LogP contribution in [-0.2, 0) is 9.53 Å². The van der Waals surface area contributed by atoms with Crippen molar-refractivity contribution in [3.63, 3.8) is 0 Å². The summed E-state index contributed by atoms with van der Waals surface area (Å²) in [6.07, 6.45) is 1.40. The lowest BCUT2D eigenvalue weighted by Crippen LogP contribution is -2.54. The van der Waals surface area contributed by atoms with Gasteiger partial charge >= 0.3 is 0 Å². The fourth-order valence-electron chi connectivity index (χ4n) is 1.68. The van der Waals surface area contributed by atoms with Crippen LogP contribution < -0.4 is 5.73 Å². The molecule has 92 valence electrons. The minimum absolute atomic E-state index is 0.135. The van der Waals surface area contributed by atoms with Crippen LogP contribution in [0.1, 0.15) is 10.4 Å². The molecule has 2 heterocycles. The Morgan fingerprint density at radius 3 is 2.88 bits per heavy atom. The topological polar surface area (TPSA) is 85.8 Å². The van der Waals surface area contributed by atoms with Gasteiger partial charge in [0.2, 0.25) is 5.91 Å². The third kappa shape index (κ3) is 2.34. The molecule has 17 heavy (non-hydrogen) atoms. The third-order valence-corrected chi connectivity index (χ3v) is 3.18. The van der Waals surface area contributed by atoms with E-state index in [4.69, 9.17) is 14.9 Å². The highest BCUT2D eigenvalue weighted by atomic mass is 79.9. The van der Waals surface area contributed by atoms with Gasteiger partial charge in [-0.3, -0.25) is 9.59 Å². The zero-order valence-corrected chi connectivity index (χ0v) is 10.5. The zero-order chi connectivity index (χ0) is 12.4. The standard InChI is InChI=1S/C10H11BrN2O4/c11-8-6(1-3-17-8)10(15)13-2-4-16-5-7(13)9(12)14/h1,3,7H,2,4-5H2,(H2,12,14). The zero-order valence-electron chi connectivity index (χ0n) is 8.89. The van der Waals surface area contributed by atoms with Crippen LogP contribution in [0.15, 0.2) is 21.4 Å². The van der Waals surface area contributed by atoms with Gasteiger partial charge in [-0.2, -0.15) is 0 Å². The van der Waals surface area contributed by atoms with Crippen LogP contribution in [0.25, 0.3) is 0 Å². The van der Waals surface area contributed by atoms with Gasteiger partial charge < -0.3 is 19.8 Å². The Morgan fingerprint density at radius 2 is 2.29 bits per heavy atom. The Kier molecular flexibility index (Phi) is 3.49. The molecular formula is C10H11BrN2O4. The van der Waals surface area contributed by atoms with Crippen molar-refractivity contribution in [2.45, 2.75) is 6.04 Å². The summed E-state index contributed by atoms with van der Waals surface area (Å²) >= 11 is 3.13. The summed E-state index contributed by atoms with van der Waals surface area (Å²) in [6, 6.07) is 0.818. The van der Waals surface area contributed by atoms with Crippen molar-refractivity contribution in [2.24, 2.45) is 5.73 Å². The molecule has 2 rings (SSSR count). The van der Waals surface area contributed by atoms with E-state index in [2.05, 4.69) is 15.9 Å². The van der Waals surface area contributed by atoms with Gasteiger partial charge in [-0.25, -0.2) is 0 Å². The van der Waals surface area contributed by atoms with Crippen LogP contribution in [0.5, 0.6) is 0 Å². The van der Waals surface area contributed by atoms with E-state index in [9.17, 15) is 9.59 Å². The van der Waals surface area contributed by atoms with E-state index in [0.717, 1.165) is 0 Å². The lowest BCUT2D eigenvalue weighted by Gasteiger charge is -2.33. The number of rotatable bonds is 2. The fourth-order valence-corrected chi connectivity index (χ4v) is 2.09. The molecule has 1 aliphatic rings. The average molecular weight is 303 g/mol. The lowest BCUT2D eigenvalue weighted by molar-refractivity contribution is -0.127. The average Bonchev–Trinajstić information content (AvgIpc) is 2.74. The largest absolute Gasteiger partial charge is 0.457 e. The van der Waals surface area contributed by atoms with Gasteiger partial charge in [-0.05, 0) is 22.0 Å². The number of furan rings is 1. The normalized spacial score (nSPS) is 20.3. The molecule has 0 radical (unpaired) electrons. The van der Waals surface area contributed by atoms with E-state index in [1.807, 2.05) is 0 Å². The number of hydrogen-bond donors (Lipinski definition) is 1. The molecule has 1 atom stereocenters. The molecule has 1 aromatic heterocycles. The van der Waals surface area contributed by atoms with Crippen LogP contribution in [0, 0.1) is 0 Å².